The van der Waals surface area contributed by atoms with Gasteiger partial charge in [-0.25, -0.2) is 0 Å². The molecule has 0 bridgehead atoms. The van der Waals surface area contributed by atoms with Gasteiger partial charge in [0, 0.05) is 12.6 Å². The maximum Gasteiger partial charge on any atom is 0.132 e. The Morgan fingerprint density at radius 3 is 3.06 bits per heavy atom. The Hall–Kier alpha value is -0.800. The average Bonchev–Trinajstić information content (AvgIpc) is 3.01. The monoisotopic (exact) mass is 251 g/mol. The number of furan rings is 1. The van der Waals surface area contributed by atoms with Crippen LogP contribution in [0.3, 0.4) is 0 Å². The average molecular weight is 251 g/mol. The number of hydrogen-bond acceptors (Lipinski definition) is 3. The topological polar surface area (TPSA) is 36.6 Å². The van der Waals surface area contributed by atoms with Crippen molar-refractivity contribution in [3.8, 4) is 0 Å². The molecule has 3 nitrogen and oxygen atoms in total. The lowest BCUT2D eigenvalue weighted by atomic mass is 10.0. The number of nitrogens with zero attached hydrogens (tertiary/aromatic N) is 1. The summed E-state index contributed by atoms with van der Waals surface area (Å²) in [6, 6.07) is 4.21. The molecular formula is C15H25NO2. The van der Waals surface area contributed by atoms with Gasteiger partial charge in [-0.05, 0) is 43.9 Å². The molecule has 0 amide bonds. The van der Waals surface area contributed by atoms with E-state index in [1.165, 1.54) is 25.8 Å². The molecule has 0 saturated carbocycles. The molecule has 1 aromatic heterocycles. The molecule has 0 aliphatic carbocycles. The summed E-state index contributed by atoms with van der Waals surface area (Å²) >= 11 is 0. The van der Waals surface area contributed by atoms with Gasteiger partial charge in [0.1, 0.15) is 11.9 Å². The van der Waals surface area contributed by atoms with Gasteiger partial charge in [0.15, 0.2) is 0 Å². The first-order valence-electron chi connectivity index (χ1n) is 7.16. The van der Waals surface area contributed by atoms with Crippen molar-refractivity contribution in [1.82, 2.24) is 4.90 Å². The van der Waals surface area contributed by atoms with E-state index in [1.54, 1.807) is 6.26 Å². The molecule has 0 radical (unpaired) electrons. The van der Waals surface area contributed by atoms with Crippen LogP contribution in [0.1, 0.15) is 51.4 Å². The van der Waals surface area contributed by atoms with E-state index in [1.807, 2.05) is 12.1 Å². The third-order valence-corrected chi connectivity index (χ3v) is 4.11. The molecule has 1 fully saturated rings. The van der Waals surface area contributed by atoms with Crippen molar-refractivity contribution >= 4 is 0 Å². The standard InChI is InChI=1S/C15H25NO2/c1-3-12(2)11-16-8-4-6-13(16)10-14(17)15-7-5-9-18-15/h5,7,9,12-14,17H,3-4,6,8,10-11H2,1-2H3. The van der Waals surface area contributed by atoms with Crippen LogP contribution in [-0.4, -0.2) is 29.1 Å². The molecule has 1 aromatic rings. The van der Waals surface area contributed by atoms with E-state index < -0.39 is 6.10 Å². The van der Waals surface area contributed by atoms with E-state index in [0.717, 1.165) is 18.9 Å². The number of aliphatic hydroxyl groups is 1. The second-order valence-electron chi connectivity index (χ2n) is 5.57. The molecular weight excluding hydrogens is 226 g/mol. The minimum absolute atomic E-state index is 0.456. The van der Waals surface area contributed by atoms with Gasteiger partial charge in [-0.1, -0.05) is 20.3 Å². The van der Waals surface area contributed by atoms with Crippen molar-refractivity contribution in [2.75, 3.05) is 13.1 Å². The van der Waals surface area contributed by atoms with E-state index in [0.29, 0.717) is 11.8 Å². The summed E-state index contributed by atoms with van der Waals surface area (Å²) in [7, 11) is 0. The molecule has 102 valence electrons. The maximum atomic E-state index is 10.2. The van der Waals surface area contributed by atoms with E-state index in [9.17, 15) is 5.11 Å². The summed E-state index contributed by atoms with van der Waals surface area (Å²) in [6.45, 7) is 6.89. The van der Waals surface area contributed by atoms with Crippen molar-refractivity contribution in [3.05, 3.63) is 24.2 Å². The molecule has 18 heavy (non-hydrogen) atoms. The van der Waals surface area contributed by atoms with Crippen LogP contribution in [0.5, 0.6) is 0 Å². The Labute approximate surface area is 110 Å². The zero-order chi connectivity index (χ0) is 13.0. The van der Waals surface area contributed by atoms with Crippen LogP contribution in [0.15, 0.2) is 22.8 Å². The van der Waals surface area contributed by atoms with E-state index in [2.05, 4.69) is 18.7 Å². The Kier molecular flexibility index (Phi) is 4.84. The summed E-state index contributed by atoms with van der Waals surface area (Å²) in [6.07, 6.45) is 5.65. The van der Waals surface area contributed by atoms with Crippen molar-refractivity contribution in [2.24, 2.45) is 5.92 Å². The second kappa shape index (κ2) is 6.39. The molecule has 1 aliphatic rings. The highest BCUT2D eigenvalue weighted by Crippen LogP contribution is 2.28. The normalized spacial score (nSPS) is 24.3. The SMILES string of the molecule is CCC(C)CN1CCCC1CC(O)c1ccco1. The predicted molar refractivity (Wildman–Crippen MR) is 72.3 cm³/mol. The summed E-state index contributed by atoms with van der Waals surface area (Å²) in [5.74, 6) is 1.44. The van der Waals surface area contributed by atoms with Crippen molar-refractivity contribution in [2.45, 2.75) is 51.7 Å². The third-order valence-electron chi connectivity index (χ3n) is 4.11. The summed E-state index contributed by atoms with van der Waals surface area (Å²) in [4.78, 5) is 2.54. The molecule has 1 aliphatic heterocycles. The van der Waals surface area contributed by atoms with Crippen LogP contribution in [0, 0.1) is 5.92 Å². The summed E-state index contributed by atoms with van der Waals surface area (Å²) < 4.78 is 5.27. The van der Waals surface area contributed by atoms with Gasteiger partial charge in [0.05, 0.1) is 6.26 Å². The van der Waals surface area contributed by atoms with Crippen LogP contribution in [0.2, 0.25) is 0 Å². The largest absolute Gasteiger partial charge is 0.467 e. The van der Waals surface area contributed by atoms with Crippen LogP contribution in [0.25, 0.3) is 0 Å². The minimum atomic E-state index is -0.456. The summed E-state index contributed by atoms with van der Waals surface area (Å²) in [5.41, 5.74) is 0. The van der Waals surface area contributed by atoms with E-state index >= 15 is 0 Å². The predicted octanol–water partition coefficient (Wildman–Crippen LogP) is 3.21. The number of hydrogen-bond donors (Lipinski definition) is 1. The Bertz CT molecular complexity index is 336. The number of aliphatic hydroxyl groups excluding tert-OH is 1. The molecule has 2 rings (SSSR count). The van der Waals surface area contributed by atoms with E-state index in [-0.39, 0.29) is 0 Å². The zero-order valence-electron chi connectivity index (χ0n) is 11.5. The molecule has 3 unspecified atom stereocenters. The number of rotatable bonds is 6. The van der Waals surface area contributed by atoms with Gasteiger partial charge in [-0.2, -0.15) is 0 Å². The molecule has 3 atom stereocenters. The highest BCUT2D eigenvalue weighted by Gasteiger charge is 2.28. The quantitative estimate of drug-likeness (QED) is 0.843. The lowest BCUT2D eigenvalue weighted by Gasteiger charge is -2.28. The molecule has 0 spiro atoms. The fourth-order valence-corrected chi connectivity index (χ4v) is 2.79. The minimum Gasteiger partial charge on any atom is -0.467 e. The molecule has 1 saturated heterocycles. The van der Waals surface area contributed by atoms with Crippen molar-refractivity contribution in [3.63, 3.8) is 0 Å². The molecule has 1 N–H and O–H groups in total. The lowest BCUT2D eigenvalue weighted by molar-refractivity contribution is 0.0967. The van der Waals surface area contributed by atoms with Crippen LogP contribution < -0.4 is 0 Å². The van der Waals surface area contributed by atoms with Crippen molar-refractivity contribution in [1.29, 1.82) is 0 Å². The Balaban J connectivity index is 1.87. The third kappa shape index (κ3) is 3.36. The first-order valence-corrected chi connectivity index (χ1v) is 7.16. The number of likely N-dealkylation sites (tertiary alicyclic amines) is 1. The van der Waals surface area contributed by atoms with Gasteiger partial charge in [-0.3, -0.25) is 0 Å². The lowest BCUT2D eigenvalue weighted by Crippen LogP contribution is -2.34. The first-order chi connectivity index (χ1) is 8.70. The van der Waals surface area contributed by atoms with Crippen LogP contribution in [-0.2, 0) is 0 Å². The van der Waals surface area contributed by atoms with E-state index in [4.69, 9.17) is 4.42 Å². The second-order valence-corrected chi connectivity index (χ2v) is 5.57. The Morgan fingerprint density at radius 2 is 2.39 bits per heavy atom. The van der Waals surface area contributed by atoms with Gasteiger partial charge in [0.2, 0.25) is 0 Å². The maximum absolute atomic E-state index is 10.2. The van der Waals surface area contributed by atoms with Gasteiger partial charge >= 0.3 is 0 Å². The molecule has 0 aromatic carbocycles. The van der Waals surface area contributed by atoms with Crippen molar-refractivity contribution < 1.29 is 9.52 Å². The van der Waals surface area contributed by atoms with Gasteiger partial charge < -0.3 is 14.4 Å². The van der Waals surface area contributed by atoms with Gasteiger partial charge in [-0.15, -0.1) is 0 Å². The summed E-state index contributed by atoms with van der Waals surface area (Å²) in [5, 5.41) is 10.2. The van der Waals surface area contributed by atoms with Crippen LogP contribution >= 0.6 is 0 Å². The highest BCUT2D eigenvalue weighted by atomic mass is 16.4. The molecule has 2 heterocycles. The Morgan fingerprint density at radius 1 is 1.56 bits per heavy atom. The van der Waals surface area contributed by atoms with Crippen LogP contribution in [0.4, 0.5) is 0 Å². The highest BCUT2D eigenvalue weighted by molar-refractivity contribution is 5.02. The fourth-order valence-electron chi connectivity index (χ4n) is 2.79. The fraction of sp³-hybridized carbons (Fsp3) is 0.733. The zero-order valence-corrected chi connectivity index (χ0v) is 11.5. The first kappa shape index (κ1) is 13.6. The van der Waals surface area contributed by atoms with Gasteiger partial charge in [0.25, 0.3) is 0 Å². The molecule has 3 heteroatoms. The smallest absolute Gasteiger partial charge is 0.132 e.